The van der Waals surface area contributed by atoms with Crippen LogP contribution in [0, 0.1) is 6.92 Å². The molecule has 1 unspecified atom stereocenters. The third kappa shape index (κ3) is 2.94. The van der Waals surface area contributed by atoms with Crippen LogP contribution >= 0.6 is 0 Å². The molecule has 28 heavy (non-hydrogen) atoms. The van der Waals surface area contributed by atoms with Crippen molar-refractivity contribution in [3.05, 3.63) is 53.7 Å². The van der Waals surface area contributed by atoms with Gasteiger partial charge in [0.2, 0.25) is 11.9 Å². The average Bonchev–Trinajstić information content (AvgIpc) is 2.68. The number of rotatable bonds is 4. The van der Waals surface area contributed by atoms with E-state index in [9.17, 15) is 0 Å². The van der Waals surface area contributed by atoms with Crippen molar-refractivity contribution in [2.75, 3.05) is 22.9 Å². The molecular formula is C21H23N7. The summed E-state index contributed by atoms with van der Waals surface area (Å²) in [5.41, 5.74) is 14.6. The number of fused-ring (bicyclic) bond motifs is 2. The average molecular weight is 373 g/mol. The maximum absolute atomic E-state index is 5.92. The molecule has 7 nitrogen and oxygen atoms in total. The van der Waals surface area contributed by atoms with E-state index in [0.717, 1.165) is 6.54 Å². The maximum atomic E-state index is 5.92. The second-order valence-electron chi connectivity index (χ2n) is 6.85. The SMILES string of the molecule is CCN(c1ncc2c(N)nc(N)nc2n1)C(C)c1ccc(C)c2ccccc12. The molecule has 4 rings (SSSR count). The van der Waals surface area contributed by atoms with Gasteiger partial charge < -0.3 is 16.4 Å². The summed E-state index contributed by atoms with van der Waals surface area (Å²) in [4.78, 5) is 19.5. The summed E-state index contributed by atoms with van der Waals surface area (Å²) in [6, 6.07) is 12.9. The Morgan fingerprint density at radius 1 is 0.964 bits per heavy atom. The molecule has 0 radical (unpaired) electrons. The first-order chi connectivity index (χ1) is 13.5. The van der Waals surface area contributed by atoms with Gasteiger partial charge >= 0.3 is 0 Å². The Morgan fingerprint density at radius 3 is 2.46 bits per heavy atom. The zero-order chi connectivity index (χ0) is 19.8. The standard InChI is InChI=1S/C21H23N7/c1-4-28(21-24-11-17-18(22)25-20(23)26-19(17)27-21)13(3)15-10-9-12(2)14-7-5-6-8-16(14)15/h5-11,13H,4H2,1-3H3,(H4,22,23,24,25,26,27). The molecule has 0 saturated carbocycles. The third-order valence-corrected chi connectivity index (χ3v) is 5.18. The number of nitrogens with two attached hydrogens (primary N) is 2. The molecule has 0 spiro atoms. The van der Waals surface area contributed by atoms with Crippen molar-refractivity contribution < 1.29 is 0 Å². The van der Waals surface area contributed by atoms with Crippen molar-refractivity contribution in [3.8, 4) is 0 Å². The van der Waals surface area contributed by atoms with Crippen molar-refractivity contribution in [3.63, 3.8) is 0 Å². The second-order valence-corrected chi connectivity index (χ2v) is 6.85. The topological polar surface area (TPSA) is 107 Å². The first kappa shape index (κ1) is 17.9. The Bertz CT molecular complexity index is 1170. The van der Waals surface area contributed by atoms with E-state index < -0.39 is 0 Å². The van der Waals surface area contributed by atoms with Crippen LogP contribution in [0.25, 0.3) is 21.8 Å². The Labute approximate surface area is 163 Å². The number of nitrogen functional groups attached to an aromatic ring is 2. The summed E-state index contributed by atoms with van der Waals surface area (Å²) in [5, 5.41) is 3.10. The fraction of sp³-hybridized carbons (Fsp3) is 0.238. The van der Waals surface area contributed by atoms with Crippen molar-refractivity contribution >= 4 is 39.5 Å². The van der Waals surface area contributed by atoms with Crippen LogP contribution in [-0.4, -0.2) is 26.5 Å². The number of anilines is 3. The van der Waals surface area contributed by atoms with Crippen molar-refractivity contribution in [2.24, 2.45) is 0 Å². The third-order valence-electron chi connectivity index (χ3n) is 5.18. The van der Waals surface area contributed by atoms with Gasteiger partial charge in [-0.25, -0.2) is 4.98 Å². The Balaban J connectivity index is 1.81. The smallest absolute Gasteiger partial charge is 0.227 e. The number of aryl methyl sites for hydroxylation is 1. The molecule has 0 fully saturated rings. The van der Waals surface area contributed by atoms with E-state index in [4.69, 9.17) is 11.5 Å². The zero-order valence-corrected chi connectivity index (χ0v) is 16.2. The highest BCUT2D eigenvalue weighted by molar-refractivity contribution is 5.89. The van der Waals surface area contributed by atoms with E-state index in [1.54, 1.807) is 6.20 Å². The summed E-state index contributed by atoms with van der Waals surface area (Å²) < 4.78 is 0. The summed E-state index contributed by atoms with van der Waals surface area (Å²) in [5.74, 6) is 0.981. The van der Waals surface area contributed by atoms with Gasteiger partial charge in [-0.3, -0.25) is 0 Å². The minimum atomic E-state index is 0.0736. The van der Waals surface area contributed by atoms with Gasteiger partial charge in [0.1, 0.15) is 5.82 Å². The van der Waals surface area contributed by atoms with E-state index in [0.29, 0.717) is 17.0 Å². The molecule has 0 aliphatic carbocycles. The quantitative estimate of drug-likeness (QED) is 0.562. The lowest BCUT2D eigenvalue weighted by atomic mass is 9.96. The van der Waals surface area contributed by atoms with Crippen molar-refractivity contribution in [2.45, 2.75) is 26.8 Å². The van der Waals surface area contributed by atoms with Crippen LogP contribution in [0.5, 0.6) is 0 Å². The molecule has 4 aromatic rings. The first-order valence-electron chi connectivity index (χ1n) is 9.30. The highest BCUT2D eigenvalue weighted by atomic mass is 15.3. The maximum Gasteiger partial charge on any atom is 0.227 e. The van der Waals surface area contributed by atoms with Crippen LogP contribution in [0.1, 0.15) is 31.0 Å². The normalized spacial score (nSPS) is 12.4. The van der Waals surface area contributed by atoms with Crippen LogP contribution in [0.2, 0.25) is 0 Å². The number of hydrogen-bond donors (Lipinski definition) is 2. The molecule has 0 amide bonds. The molecule has 0 aliphatic rings. The van der Waals surface area contributed by atoms with Crippen LogP contribution < -0.4 is 16.4 Å². The molecule has 142 valence electrons. The van der Waals surface area contributed by atoms with E-state index >= 15 is 0 Å². The van der Waals surface area contributed by atoms with Crippen LogP contribution in [0.15, 0.2) is 42.6 Å². The minimum Gasteiger partial charge on any atom is -0.383 e. The van der Waals surface area contributed by atoms with Gasteiger partial charge in [0.15, 0.2) is 5.65 Å². The van der Waals surface area contributed by atoms with E-state index in [1.807, 2.05) is 0 Å². The predicted octanol–water partition coefficient (Wildman–Crippen LogP) is 3.63. The monoisotopic (exact) mass is 373 g/mol. The van der Waals surface area contributed by atoms with Crippen molar-refractivity contribution in [1.82, 2.24) is 19.9 Å². The van der Waals surface area contributed by atoms with Crippen LogP contribution in [0.4, 0.5) is 17.7 Å². The fourth-order valence-corrected chi connectivity index (χ4v) is 3.68. The zero-order valence-electron chi connectivity index (χ0n) is 16.2. The molecule has 7 heteroatoms. The number of hydrogen-bond acceptors (Lipinski definition) is 7. The minimum absolute atomic E-state index is 0.0736. The Hall–Kier alpha value is -3.48. The highest BCUT2D eigenvalue weighted by Gasteiger charge is 2.20. The predicted molar refractivity (Wildman–Crippen MR) is 114 cm³/mol. The van der Waals surface area contributed by atoms with E-state index in [-0.39, 0.29) is 17.8 Å². The number of aromatic nitrogens is 4. The summed E-state index contributed by atoms with van der Waals surface area (Å²) >= 11 is 0. The van der Waals surface area contributed by atoms with Gasteiger partial charge in [-0.05, 0) is 42.7 Å². The molecule has 4 N–H and O–H groups in total. The van der Waals surface area contributed by atoms with Gasteiger partial charge in [-0.2, -0.15) is 15.0 Å². The van der Waals surface area contributed by atoms with Crippen LogP contribution in [-0.2, 0) is 0 Å². The highest BCUT2D eigenvalue weighted by Crippen LogP contribution is 2.32. The molecule has 2 aromatic heterocycles. The summed E-state index contributed by atoms with van der Waals surface area (Å²) in [6.45, 7) is 7.13. The molecule has 1 atom stereocenters. The molecule has 2 aromatic carbocycles. The van der Waals surface area contributed by atoms with Gasteiger partial charge in [0.05, 0.1) is 11.4 Å². The van der Waals surface area contributed by atoms with E-state index in [2.05, 4.69) is 82.0 Å². The lowest BCUT2D eigenvalue weighted by Crippen LogP contribution is -2.28. The molecule has 0 saturated heterocycles. The molecule has 2 heterocycles. The Morgan fingerprint density at radius 2 is 1.71 bits per heavy atom. The largest absolute Gasteiger partial charge is 0.383 e. The van der Waals surface area contributed by atoms with Gasteiger partial charge in [-0.15, -0.1) is 0 Å². The number of nitrogens with zero attached hydrogens (tertiary/aromatic N) is 5. The molecule has 0 aliphatic heterocycles. The van der Waals surface area contributed by atoms with Gasteiger partial charge in [0, 0.05) is 12.7 Å². The molecule has 0 bridgehead atoms. The van der Waals surface area contributed by atoms with Crippen molar-refractivity contribution in [1.29, 1.82) is 0 Å². The second kappa shape index (κ2) is 6.92. The van der Waals surface area contributed by atoms with E-state index in [1.165, 1.54) is 21.9 Å². The Kier molecular flexibility index (Phi) is 4.43. The molecular weight excluding hydrogens is 350 g/mol. The van der Waals surface area contributed by atoms with Gasteiger partial charge in [-0.1, -0.05) is 36.4 Å². The fourth-order valence-electron chi connectivity index (χ4n) is 3.68. The number of benzene rings is 2. The summed E-state index contributed by atoms with van der Waals surface area (Å²) in [7, 11) is 0. The first-order valence-corrected chi connectivity index (χ1v) is 9.30. The summed E-state index contributed by atoms with van der Waals surface area (Å²) in [6.07, 6.45) is 1.66. The lowest BCUT2D eigenvalue weighted by Gasteiger charge is -2.29. The lowest BCUT2D eigenvalue weighted by molar-refractivity contribution is 0.673. The van der Waals surface area contributed by atoms with Crippen LogP contribution in [0.3, 0.4) is 0 Å². The van der Waals surface area contributed by atoms with Gasteiger partial charge in [0.25, 0.3) is 0 Å².